The number of fused-ring (bicyclic) bond motifs is 2. The Morgan fingerprint density at radius 2 is 1.59 bits per heavy atom. The number of anilines is 2. The van der Waals surface area contributed by atoms with Crippen molar-refractivity contribution in [3.8, 4) is 0 Å². The Morgan fingerprint density at radius 3 is 2.30 bits per heavy atom. The van der Waals surface area contributed by atoms with Gasteiger partial charge in [0, 0.05) is 31.1 Å². The van der Waals surface area contributed by atoms with Crippen LogP contribution in [0.1, 0.15) is 5.56 Å². The summed E-state index contributed by atoms with van der Waals surface area (Å²) in [6, 6.07) is 13.0. The normalized spacial score (nSPS) is 15.2. The Balaban J connectivity index is 1.34. The standard InChI is InChI=1S/C20H20N4S3/c1-13-4-3-5-16-18(13)22-20(26-16)24-10-8-23(9-11-24)19-21-15-7-6-14(25-2)12-17(15)27-19/h3-7,12H,8-11H2,1-2H3. The molecule has 0 amide bonds. The van der Waals surface area contributed by atoms with Crippen molar-refractivity contribution in [3.05, 3.63) is 42.0 Å². The van der Waals surface area contributed by atoms with Crippen molar-refractivity contribution in [2.75, 3.05) is 42.2 Å². The van der Waals surface area contributed by atoms with E-state index in [4.69, 9.17) is 9.97 Å². The third-order valence-electron chi connectivity index (χ3n) is 5.01. The molecule has 3 heterocycles. The summed E-state index contributed by atoms with van der Waals surface area (Å²) >= 11 is 5.39. The number of para-hydroxylation sites is 1. The van der Waals surface area contributed by atoms with Gasteiger partial charge in [-0.05, 0) is 43.0 Å². The molecule has 138 valence electrons. The highest BCUT2D eigenvalue weighted by atomic mass is 32.2. The fourth-order valence-corrected chi connectivity index (χ4v) is 6.12. The van der Waals surface area contributed by atoms with E-state index in [2.05, 4.69) is 59.4 Å². The number of nitrogens with zero attached hydrogens (tertiary/aromatic N) is 4. The van der Waals surface area contributed by atoms with Gasteiger partial charge in [0.1, 0.15) is 0 Å². The SMILES string of the molecule is CSc1ccc2nc(N3CCN(c4nc5c(C)cccc5s4)CC3)sc2c1. The summed E-state index contributed by atoms with van der Waals surface area (Å²) in [5.41, 5.74) is 3.51. The summed E-state index contributed by atoms with van der Waals surface area (Å²) in [4.78, 5) is 15.9. The molecular weight excluding hydrogens is 392 g/mol. The van der Waals surface area contributed by atoms with Gasteiger partial charge in [0.05, 0.1) is 20.4 Å². The van der Waals surface area contributed by atoms with Gasteiger partial charge in [-0.15, -0.1) is 11.8 Å². The maximum Gasteiger partial charge on any atom is 0.186 e. The highest BCUT2D eigenvalue weighted by Crippen LogP contribution is 2.34. The largest absolute Gasteiger partial charge is 0.345 e. The maximum absolute atomic E-state index is 4.90. The minimum absolute atomic E-state index is 0.990. The first-order valence-electron chi connectivity index (χ1n) is 9.02. The number of thioether (sulfide) groups is 1. The number of aryl methyl sites for hydroxylation is 1. The molecule has 0 spiro atoms. The van der Waals surface area contributed by atoms with E-state index in [1.807, 2.05) is 0 Å². The molecule has 4 aromatic rings. The molecule has 7 heteroatoms. The fourth-order valence-electron chi connectivity index (χ4n) is 3.45. The van der Waals surface area contributed by atoms with Crippen LogP contribution in [0.15, 0.2) is 41.3 Å². The van der Waals surface area contributed by atoms with Crippen LogP contribution in [0.2, 0.25) is 0 Å². The van der Waals surface area contributed by atoms with Crippen molar-refractivity contribution < 1.29 is 0 Å². The first kappa shape index (κ1) is 17.3. The van der Waals surface area contributed by atoms with Crippen molar-refractivity contribution in [1.29, 1.82) is 0 Å². The van der Waals surface area contributed by atoms with Crippen molar-refractivity contribution in [2.45, 2.75) is 11.8 Å². The number of aromatic nitrogens is 2. The summed E-state index contributed by atoms with van der Waals surface area (Å²) < 4.78 is 2.56. The van der Waals surface area contributed by atoms with Gasteiger partial charge in [0.2, 0.25) is 0 Å². The van der Waals surface area contributed by atoms with Gasteiger partial charge in [-0.3, -0.25) is 0 Å². The van der Waals surface area contributed by atoms with Gasteiger partial charge in [0.25, 0.3) is 0 Å². The third-order valence-corrected chi connectivity index (χ3v) is 7.90. The molecule has 4 nitrogen and oxygen atoms in total. The van der Waals surface area contributed by atoms with Crippen molar-refractivity contribution in [1.82, 2.24) is 9.97 Å². The Kier molecular flexibility index (Phi) is 4.46. The summed E-state index contributed by atoms with van der Waals surface area (Å²) in [5, 5.41) is 2.29. The quantitative estimate of drug-likeness (QED) is 0.428. The molecule has 1 aliphatic rings. The van der Waals surface area contributed by atoms with E-state index in [-0.39, 0.29) is 0 Å². The number of benzene rings is 2. The van der Waals surface area contributed by atoms with Crippen molar-refractivity contribution in [2.24, 2.45) is 0 Å². The molecule has 1 aliphatic heterocycles. The summed E-state index contributed by atoms with van der Waals surface area (Å²) in [6.45, 7) is 6.10. The lowest BCUT2D eigenvalue weighted by Gasteiger charge is -2.34. The molecule has 0 N–H and O–H groups in total. The van der Waals surface area contributed by atoms with Crippen LogP contribution in [0, 0.1) is 6.92 Å². The van der Waals surface area contributed by atoms with Crippen LogP contribution in [-0.2, 0) is 0 Å². The second-order valence-electron chi connectivity index (χ2n) is 6.72. The second-order valence-corrected chi connectivity index (χ2v) is 9.62. The lowest BCUT2D eigenvalue weighted by Crippen LogP contribution is -2.46. The van der Waals surface area contributed by atoms with Crippen LogP contribution in [0.25, 0.3) is 20.4 Å². The Labute approximate surface area is 170 Å². The minimum Gasteiger partial charge on any atom is -0.345 e. The summed E-state index contributed by atoms with van der Waals surface area (Å²) in [7, 11) is 0. The zero-order valence-corrected chi connectivity index (χ0v) is 17.8. The molecule has 5 rings (SSSR count). The maximum atomic E-state index is 4.90. The molecule has 0 saturated carbocycles. The van der Waals surface area contributed by atoms with E-state index in [0.29, 0.717) is 0 Å². The van der Waals surface area contributed by atoms with Gasteiger partial charge in [-0.2, -0.15) is 0 Å². The third kappa shape index (κ3) is 3.17. The van der Waals surface area contributed by atoms with E-state index in [1.165, 1.54) is 19.9 Å². The molecule has 2 aromatic carbocycles. The second kappa shape index (κ2) is 6.96. The topological polar surface area (TPSA) is 32.3 Å². The van der Waals surface area contributed by atoms with Crippen LogP contribution in [0.4, 0.5) is 10.3 Å². The zero-order chi connectivity index (χ0) is 18.4. The molecule has 0 atom stereocenters. The summed E-state index contributed by atoms with van der Waals surface area (Å²) in [6.07, 6.45) is 2.12. The molecule has 0 unspecified atom stereocenters. The van der Waals surface area contributed by atoms with Crippen LogP contribution in [0.5, 0.6) is 0 Å². The summed E-state index contributed by atoms with van der Waals surface area (Å²) in [5.74, 6) is 0. The Hall–Kier alpha value is -1.83. The van der Waals surface area contributed by atoms with E-state index in [0.717, 1.165) is 47.5 Å². The molecule has 0 bridgehead atoms. The predicted molar refractivity (Wildman–Crippen MR) is 120 cm³/mol. The smallest absolute Gasteiger partial charge is 0.186 e. The van der Waals surface area contributed by atoms with Crippen molar-refractivity contribution in [3.63, 3.8) is 0 Å². The molecule has 0 radical (unpaired) electrons. The van der Waals surface area contributed by atoms with E-state index in [9.17, 15) is 0 Å². The fraction of sp³-hybridized carbons (Fsp3) is 0.300. The zero-order valence-electron chi connectivity index (χ0n) is 15.3. The Morgan fingerprint density at radius 1 is 0.889 bits per heavy atom. The van der Waals surface area contributed by atoms with Gasteiger partial charge in [0.15, 0.2) is 10.3 Å². The first-order valence-corrected chi connectivity index (χ1v) is 11.9. The van der Waals surface area contributed by atoms with Gasteiger partial charge in [-0.25, -0.2) is 9.97 Å². The average Bonchev–Trinajstić information content (AvgIpc) is 3.32. The minimum atomic E-state index is 0.990. The monoisotopic (exact) mass is 412 g/mol. The van der Waals surface area contributed by atoms with E-state index >= 15 is 0 Å². The number of rotatable bonds is 3. The van der Waals surface area contributed by atoms with Crippen molar-refractivity contribution >= 4 is 65.1 Å². The predicted octanol–water partition coefficient (Wildman–Crippen LogP) is 5.26. The van der Waals surface area contributed by atoms with E-state index in [1.54, 1.807) is 34.4 Å². The highest BCUT2D eigenvalue weighted by Gasteiger charge is 2.22. The number of thiazole rings is 2. The molecule has 2 aromatic heterocycles. The lowest BCUT2D eigenvalue weighted by atomic mass is 10.2. The number of piperazine rings is 1. The molecule has 1 fully saturated rings. The molecular formula is C20H20N4S3. The molecule has 0 aliphatic carbocycles. The van der Waals surface area contributed by atoms with Gasteiger partial charge >= 0.3 is 0 Å². The lowest BCUT2D eigenvalue weighted by molar-refractivity contribution is 0.651. The highest BCUT2D eigenvalue weighted by molar-refractivity contribution is 7.98. The number of hydrogen-bond donors (Lipinski definition) is 0. The average molecular weight is 413 g/mol. The van der Waals surface area contributed by atoms with Crippen LogP contribution in [-0.4, -0.2) is 42.4 Å². The van der Waals surface area contributed by atoms with E-state index < -0.39 is 0 Å². The molecule has 27 heavy (non-hydrogen) atoms. The molecule has 1 saturated heterocycles. The van der Waals surface area contributed by atoms with Crippen LogP contribution in [0.3, 0.4) is 0 Å². The number of hydrogen-bond acceptors (Lipinski definition) is 7. The Bertz CT molecular complexity index is 1110. The van der Waals surface area contributed by atoms with Crippen LogP contribution < -0.4 is 9.80 Å². The first-order chi connectivity index (χ1) is 13.2. The van der Waals surface area contributed by atoms with Crippen LogP contribution >= 0.6 is 34.4 Å². The van der Waals surface area contributed by atoms with Gasteiger partial charge in [-0.1, -0.05) is 34.8 Å². The van der Waals surface area contributed by atoms with Gasteiger partial charge < -0.3 is 9.80 Å².